The summed E-state index contributed by atoms with van der Waals surface area (Å²) in [7, 11) is 0. The minimum atomic E-state index is -0.668. The van der Waals surface area contributed by atoms with Gasteiger partial charge in [-0.2, -0.15) is 0 Å². The molecule has 1 N–H and O–H groups in total. The van der Waals surface area contributed by atoms with Crippen LogP contribution in [-0.4, -0.2) is 48.5 Å². The maximum Gasteiger partial charge on any atom is 0.410 e. The predicted octanol–water partition coefficient (Wildman–Crippen LogP) is 3.84. The number of aliphatic hydroxyl groups excluding tert-OH is 1. The smallest absolute Gasteiger partial charge is 0.410 e. The largest absolute Gasteiger partial charge is 0.493 e. The van der Waals surface area contributed by atoms with Gasteiger partial charge in [-0.05, 0) is 30.2 Å². The van der Waals surface area contributed by atoms with Crippen LogP contribution in [0.15, 0.2) is 61.2 Å². The summed E-state index contributed by atoms with van der Waals surface area (Å²) in [5.41, 5.74) is 0.763. The van der Waals surface area contributed by atoms with Gasteiger partial charge in [0, 0.05) is 17.5 Å². The maximum absolute atomic E-state index is 12.2. The van der Waals surface area contributed by atoms with Gasteiger partial charge in [-0.25, -0.2) is 4.79 Å². The molecule has 1 aliphatic rings. The van der Waals surface area contributed by atoms with Crippen molar-refractivity contribution in [2.45, 2.75) is 12.5 Å². The third kappa shape index (κ3) is 5.93. The van der Waals surface area contributed by atoms with E-state index in [0.29, 0.717) is 30.3 Å². The van der Waals surface area contributed by atoms with Crippen LogP contribution in [0, 0.1) is 5.92 Å². The molecule has 1 amide bonds. The van der Waals surface area contributed by atoms with E-state index in [1.165, 1.54) is 4.90 Å². The van der Waals surface area contributed by atoms with Crippen LogP contribution >= 0.6 is 11.6 Å². The van der Waals surface area contributed by atoms with E-state index in [1.54, 1.807) is 30.4 Å². The van der Waals surface area contributed by atoms with E-state index < -0.39 is 12.2 Å². The summed E-state index contributed by atoms with van der Waals surface area (Å²) in [6, 6.07) is 7.13. The first-order valence-electron chi connectivity index (χ1n) is 8.45. The molecular weight excluding hydrogens is 354 g/mol. The van der Waals surface area contributed by atoms with Crippen molar-refractivity contribution in [3.8, 4) is 5.75 Å². The number of hydrogen-bond acceptors (Lipinski definition) is 4. The van der Waals surface area contributed by atoms with Crippen molar-refractivity contribution in [2.75, 3.05) is 26.3 Å². The number of hydrogen-bond donors (Lipinski definition) is 1. The molecule has 1 aromatic carbocycles. The molecule has 0 radical (unpaired) electrons. The zero-order valence-corrected chi connectivity index (χ0v) is 15.4. The van der Waals surface area contributed by atoms with Crippen LogP contribution in [0.4, 0.5) is 4.79 Å². The molecule has 1 aromatic rings. The minimum absolute atomic E-state index is 0.0533. The van der Waals surface area contributed by atoms with E-state index in [0.717, 1.165) is 5.57 Å². The second-order valence-corrected chi connectivity index (χ2v) is 6.50. The number of rotatable bonds is 7. The second kappa shape index (κ2) is 10.0. The lowest BCUT2D eigenvalue weighted by Crippen LogP contribution is -2.48. The molecule has 140 valence electrons. The number of likely N-dealkylation sites (tertiary alicyclic amines) is 1. The number of aliphatic hydroxyl groups is 1. The van der Waals surface area contributed by atoms with E-state index in [-0.39, 0.29) is 19.1 Å². The van der Waals surface area contributed by atoms with Crippen LogP contribution in [-0.2, 0) is 4.74 Å². The summed E-state index contributed by atoms with van der Waals surface area (Å²) in [5, 5.41) is 10.9. The molecule has 5 nitrogen and oxygen atoms in total. The molecule has 0 spiro atoms. The predicted molar refractivity (Wildman–Crippen MR) is 102 cm³/mol. The molecule has 0 aromatic heterocycles. The average Bonchev–Trinajstić information content (AvgIpc) is 2.64. The van der Waals surface area contributed by atoms with Crippen molar-refractivity contribution in [1.29, 1.82) is 0 Å². The number of allylic oxidation sites excluding steroid dienone is 2. The van der Waals surface area contributed by atoms with Gasteiger partial charge in [-0.1, -0.05) is 49.1 Å². The maximum atomic E-state index is 12.2. The van der Waals surface area contributed by atoms with E-state index in [9.17, 15) is 9.90 Å². The number of β-amino-alcohol motifs (C(OH)–C–C–N with tert-alkyl or cyclic N) is 1. The van der Waals surface area contributed by atoms with Gasteiger partial charge in [-0.3, -0.25) is 0 Å². The zero-order valence-electron chi connectivity index (χ0n) is 14.6. The highest BCUT2D eigenvalue weighted by atomic mass is 35.5. The van der Waals surface area contributed by atoms with Crippen LogP contribution in [0.2, 0.25) is 5.02 Å². The monoisotopic (exact) mass is 377 g/mol. The fourth-order valence-corrected chi connectivity index (χ4v) is 2.84. The molecule has 1 heterocycles. The van der Waals surface area contributed by atoms with E-state index in [2.05, 4.69) is 13.2 Å². The Hall–Kier alpha value is -2.24. The van der Waals surface area contributed by atoms with Gasteiger partial charge in [0.25, 0.3) is 0 Å². The van der Waals surface area contributed by atoms with Gasteiger partial charge >= 0.3 is 6.09 Å². The summed E-state index contributed by atoms with van der Waals surface area (Å²) in [4.78, 5) is 13.7. The Morgan fingerprint density at radius 3 is 2.88 bits per heavy atom. The lowest BCUT2D eigenvalue weighted by molar-refractivity contribution is 0.00151. The Labute approximate surface area is 159 Å². The Bertz CT molecular complexity index is 674. The molecule has 2 atom stereocenters. The fraction of sp³-hybridized carbons (Fsp3) is 0.350. The molecule has 1 aliphatic heterocycles. The molecule has 26 heavy (non-hydrogen) atoms. The lowest BCUT2D eigenvalue weighted by Gasteiger charge is -2.35. The quantitative estimate of drug-likeness (QED) is 0.733. The third-order valence-corrected chi connectivity index (χ3v) is 4.43. The van der Waals surface area contributed by atoms with Crippen LogP contribution in [0.1, 0.15) is 6.42 Å². The highest BCUT2D eigenvalue weighted by Crippen LogP contribution is 2.22. The van der Waals surface area contributed by atoms with Crippen molar-refractivity contribution < 1.29 is 19.4 Å². The number of carbonyl (C=O) groups is 1. The van der Waals surface area contributed by atoms with E-state index in [1.807, 2.05) is 12.1 Å². The van der Waals surface area contributed by atoms with E-state index in [4.69, 9.17) is 21.1 Å². The average molecular weight is 378 g/mol. The minimum Gasteiger partial charge on any atom is -0.493 e. The molecule has 1 saturated heterocycles. The molecule has 0 bridgehead atoms. The molecule has 0 aliphatic carbocycles. The summed E-state index contributed by atoms with van der Waals surface area (Å²) < 4.78 is 11.0. The number of piperidine rings is 1. The van der Waals surface area contributed by atoms with Gasteiger partial charge in [0.05, 0.1) is 19.3 Å². The van der Waals surface area contributed by atoms with E-state index >= 15 is 0 Å². The lowest BCUT2D eigenvalue weighted by atomic mass is 9.95. The summed E-state index contributed by atoms with van der Waals surface area (Å²) in [6.07, 6.45) is 4.47. The molecule has 2 rings (SSSR count). The standard InChI is InChI=1S/C20H24ClNO4/c1-3-6-15(4-2)13-26-20(24)22-10-9-16(19(23)12-22)14-25-18-8-5-7-17(21)11-18/h3-8,11,16,19,23H,1-2,9-10,12-14H2/b15-6+. The Morgan fingerprint density at radius 1 is 1.42 bits per heavy atom. The van der Waals surface area contributed by atoms with Gasteiger partial charge in [0.2, 0.25) is 0 Å². The Balaban J connectivity index is 1.79. The molecule has 1 fully saturated rings. The van der Waals surface area contributed by atoms with Crippen molar-refractivity contribution in [1.82, 2.24) is 4.90 Å². The Morgan fingerprint density at radius 2 is 2.23 bits per heavy atom. The van der Waals surface area contributed by atoms with Crippen molar-refractivity contribution in [3.05, 3.63) is 66.2 Å². The molecule has 2 unspecified atom stereocenters. The summed E-state index contributed by atoms with van der Waals surface area (Å²) >= 11 is 5.93. The summed E-state index contributed by atoms with van der Waals surface area (Å²) in [5.74, 6) is 0.611. The van der Waals surface area contributed by atoms with Crippen LogP contribution in [0.5, 0.6) is 5.75 Å². The topological polar surface area (TPSA) is 59.0 Å². The normalized spacial score (nSPS) is 20.4. The van der Waals surface area contributed by atoms with Crippen LogP contribution in [0.3, 0.4) is 0 Å². The number of carbonyl (C=O) groups excluding carboxylic acids is 1. The Kier molecular flexibility index (Phi) is 7.75. The highest BCUT2D eigenvalue weighted by Gasteiger charge is 2.31. The number of halogens is 1. The van der Waals surface area contributed by atoms with Crippen LogP contribution < -0.4 is 4.74 Å². The second-order valence-electron chi connectivity index (χ2n) is 6.07. The fourth-order valence-electron chi connectivity index (χ4n) is 2.66. The van der Waals surface area contributed by atoms with Gasteiger partial charge < -0.3 is 19.5 Å². The van der Waals surface area contributed by atoms with Gasteiger partial charge in [0.15, 0.2) is 0 Å². The number of benzene rings is 1. The number of nitrogens with zero attached hydrogens (tertiary/aromatic N) is 1. The zero-order chi connectivity index (χ0) is 18.9. The van der Waals surface area contributed by atoms with Crippen LogP contribution in [0.25, 0.3) is 0 Å². The number of amides is 1. The first-order valence-corrected chi connectivity index (χ1v) is 8.83. The molecule has 6 heteroatoms. The van der Waals surface area contributed by atoms with Gasteiger partial charge in [0.1, 0.15) is 12.4 Å². The van der Waals surface area contributed by atoms with Crippen molar-refractivity contribution in [3.63, 3.8) is 0 Å². The highest BCUT2D eigenvalue weighted by molar-refractivity contribution is 6.30. The number of ether oxygens (including phenoxy) is 2. The third-order valence-electron chi connectivity index (χ3n) is 4.20. The first-order chi connectivity index (χ1) is 12.5. The van der Waals surface area contributed by atoms with Gasteiger partial charge in [-0.15, -0.1) is 0 Å². The molecule has 0 saturated carbocycles. The first kappa shape index (κ1) is 20.1. The molecular formula is C20H24ClNO4. The van der Waals surface area contributed by atoms with Crippen molar-refractivity contribution in [2.24, 2.45) is 5.92 Å². The summed E-state index contributed by atoms with van der Waals surface area (Å²) in [6.45, 7) is 8.48. The van der Waals surface area contributed by atoms with Crippen molar-refractivity contribution >= 4 is 17.7 Å². The SMILES string of the molecule is C=C/C=C(\C=C)COC(=O)N1CCC(COc2cccc(Cl)c2)C(O)C1.